The van der Waals surface area contributed by atoms with Gasteiger partial charge in [-0.2, -0.15) is 0 Å². The summed E-state index contributed by atoms with van der Waals surface area (Å²) < 4.78 is 18.9. The van der Waals surface area contributed by atoms with Gasteiger partial charge in [0, 0.05) is 25.1 Å². The molecule has 0 saturated heterocycles. The molecule has 1 aromatic rings. The number of likely N-dealkylation sites (N-methyl/N-ethyl adjacent to an activating group) is 1. The van der Waals surface area contributed by atoms with Gasteiger partial charge in [0.05, 0.1) is 19.1 Å². The van der Waals surface area contributed by atoms with Gasteiger partial charge in [-0.15, -0.1) is 0 Å². The van der Waals surface area contributed by atoms with Gasteiger partial charge in [-0.25, -0.2) is 4.39 Å². The predicted molar refractivity (Wildman–Crippen MR) is 106 cm³/mol. The fourth-order valence-corrected chi connectivity index (χ4v) is 2.93. The number of unbranched alkanes of at least 4 members (excludes halogenated alkanes) is 4. The molecule has 0 aliphatic carbocycles. The van der Waals surface area contributed by atoms with Gasteiger partial charge < -0.3 is 20.1 Å². The third kappa shape index (κ3) is 11.7. The zero-order valence-corrected chi connectivity index (χ0v) is 17.0. The maximum Gasteiger partial charge on any atom is 0.305 e. The number of ether oxygens (including phenoxy) is 1. The molecule has 28 heavy (non-hydrogen) atoms. The van der Waals surface area contributed by atoms with E-state index in [1.165, 1.54) is 6.07 Å². The summed E-state index contributed by atoms with van der Waals surface area (Å²) in [5, 5.41) is 11.7. The highest BCUT2D eigenvalue weighted by molar-refractivity contribution is 5.77. The fraction of sp³-hybridized carbons (Fsp3) is 0.619. The summed E-state index contributed by atoms with van der Waals surface area (Å²) in [5.74, 6) is -1.25. The Morgan fingerprint density at radius 2 is 1.82 bits per heavy atom. The van der Waals surface area contributed by atoms with Crippen molar-refractivity contribution >= 4 is 11.9 Å². The van der Waals surface area contributed by atoms with Crippen molar-refractivity contribution in [1.82, 2.24) is 10.2 Å². The maximum absolute atomic E-state index is 13.4. The van der Waals surface area contributed by atoms with E-state index in [-0.39, 0.29) is 30.8 Å². The van der Waals surface area contributed by atoms with Crippen molar-refractivity contribution < 1.29 is 23.8 Å². The van der Waals surface area contributed by atoms with E-state index in [9.17, 15) is 14.0 Å². The summed E-state index contributed by atoms with van der Waals surface area (Å²) >= 11 is 0. The van der Waals surface area contributed by atoms with E-state index in [4.69, 9.17) is 9.84 Å². The van der Waals surface area contributed by atoms with Crippen molar-refractivity contribution in [1.29, 1.82) is 0 Å². The third-order valence-corrected chi connectivity index (χ3v) is 4.28. The topological polar surface area (TPSA) is 78.9 Å². The van der Waals surface area contributed by atoms with Crippen LogP contribution in [-0.4, -0.2) is 55.2 Å². The first-order valence-electron chi connectivity index (χ1n) is 9.85. The fourth-order valence-electron chi connectivity index (χ4n) is 2.93. The Morgan fingerprint density at radius 1 is 1.14 bits per heavy atom. The number of amides is 1. The van der Waals surface area contributed by atoms with Crippen LogP contribution in [-0.2, 0) is 20.9 Å². The van der Waals surface area contributed by atoms with E-state index in [0.29, 0.717) is 25.1 Å². The second-order valence-corrected chi connectivity index (χ2v) is 7.29. The smallest absolute Gasteiger partial charge is 0.305 e. The van der Waals surface area contributed by atoms with Gasteiger partial charge in [-0.1, -0.05) is 37.5 Å². The Labute approximate surface area is 167 Å². The molecular formula is C21H33FN2O4. The third-order valence-electron chi connectivity index (χ3n) is 4.28. The number of carbonyl (C=O) groups excluding carboxylic acids is 1. The number of benzene rings is 1. The van der Waals surface area contributed by atoms with E-state index in [0.717, 1.165) is 32.1 Å². The molecule has 0 aromatic heterocycles. The second kappa shape index (κ2) is 14.1. The summed E-state index contributed by atoms with van der Waals surface area (Å²) in [4.78, 5) is 24.7. The Morgan fingerprint density at radius 3 is 2.50 bits per heavy atom. The van der Waals surface area contributed by atoms with Gasteiger partial charge >= 0.3 is 5.97 Å². The van der Waals surface area contributed by atoms with Crippen molar-refractivity contribution in [3.05, 3.63) is 35.6 Å². The molecule has 1 atom stereocenters. The summed E-state index contributed by atoms with van der Waals surface area (Å²) in [5.41, 5.74) is 0.573. The van der Waals surface area contributed by atoms with Crippen LogP contribution in [0.15, 0.2) is 24.3 Å². The Balaban J connectivity index is 2.04. The van der Waals surface area contributed by atoms with E-state index in [1.54, 1.807) is 18.2 Å². The first kappa shape index (κ1) is 24.0. The molecule has 0 aliphatic rings. The Bertz CT molecular complexity index is 596. The lowest BCUT2D eigenvalue weighted by atomic mass is 10.1. The number of halogens is 1. The minimum absolute atomic E-state index is 0.0726. The first-order chi connectivity index (χ1) is 13.4. The van der Waals surface area contributed by atoms with E-state index < -0.39 is 5.97 Å². The van der Waals surface area contributed by atoms with E-state index in [1.807, 2.05) is 19.0 Å². The van der Waals surface area contributed by atoms with Crippen LogP contribution in [0.3, 0.4) is 0 Å². The van der Waals surface area contributed by atoms with Gasteiger partial charge in [0.15, 0.2) is 0 Å². The number of hydrogen-bond acceptors (Lipinski definition) is 4. The van der Waals surface area contributed by atoms with Crippen molar-refractivity contribution in [2.75, 3.05) is 27.2 Å². The van der Waals surface area contributed by atoms with Crippen LogP contribution in [0.2, 0.25) is 0 Å². The summed E-state index contributed by atoms with van der Waals surface area (Å²) in [7, 11) is 3.70. The van der Waals surface area contributed by atoms with Gasteiger partial charge in [0.1, 0.15) is 5.82 Å². The van der Waals surface area contributed by atoms with Gasteiger partial charge in [0.2, 0.25) is 5.91 Å². The highest BCUT2D eigenvalue weighted by Gasteiger charge is 2.16. The van der Waals surface area contributed by atoms with E-state index in [2.05, 4.69) is 5.32 Å². The summed E-state index contributed by atoms with van der Waals surface area (Å²) in [6.45, 7) is 1.39. The molecule has 7 heteroatoms. The molecule has 158 valence electrons. The molecule has 1 unspecified atom stereocenters. The Kier molecular flexibility index (Phi) is 12.1. The molecule has 0 heterocycles. The number of rotatable bonds is 15. The van der Waals surface area contributed by atoms with Crippen molar-refractivity contribution in [3.63, 3.8) is 0 Å². The van der Waals surface area contributed by atoms with E-state index >= 15 is 0 Å². The summed E-state index contributed by atoms with van der Waals surface area (Å²) in [6.07, 6.45) is 4.98. The molecule has 1 rings (SSSR count). The molecule has 6 nitrogen and oxygen atoms in total. The predicted octanol–water partition coefficient (Wildman–Crippen LogP) is 3.20. The number of nitrogens with one attached hydrogen (secondary N) is 1. The van der Waals surface area contributed by atoms with Gasteiger partial charge in [-0.3, -0.25) is 9.59 Å². The number of carboxylic acids is 1. The zero-order chi connectivity index (χ0) is 20.8. The average molecular weight is 397 g/mol. The van der Waals surface area contributed by atoms with Gasteiger partial charge in [-0.05, 0) is 33.0 Å². The lowest BCUT2D eigenvalue weighted by Crippen LogP contribution is -2.42. The highest BCUT2D eigenvalue weighted by atomic mass is 19.1. The molecule has 1 aromatic carbocycles. The summed E-state index contributed by atoms with van der Waals surface area (Å²) in [6, 6.07) is 6.24. The van der Waals surface area contributed by atoms with Crippen LogP contribution in [0.5, 0.6) is 0 Å². The van der Waals surface area contributed by atoms with Gasteiger partial charge in [0.25, 0.3) is 0 Å². The molecular weight excluding hydrogens is 363 g/mol. The lowest BCUT2D eigenvalue weighted by Gasteiger charge is -2.20. The standard InChI is InChI=1S/C21H33FN2O4/c1-24(2)15-18(14-21(26)27)23-20(25)12-6-4-3-5-9-13-28-16-17-10-7-8-11-19(17)22/h7-8,10-11,18H,3-6,9,12-16H2,1-2H3,(H,23,25)(H,26,27). The van der Waals surface area contributed by atoms with Crippen LogP contribution >= 0.6 is 0 Å². The number of aliphatic carboxylic acids is 1. The molecule has 0 bridgehead atoms. The molecule has 0 saturated carbocycles. The number of nitrogens with zero attached hydrogens (tertiary/aromatic N) is 1. The molecule has 0 radical (unpaired) electrons. The number of hydrogen-bond donors (Lipinski definition) is 2. The van der Waals surface area contributed by atoms with Crippen molar-refractivity contribution in [2.24, 2.45) is 0 Å². The SMILES string of the molecule is CN(C)CC(CC(=O)O)NC(=O)CCCCCCCOCc1ccccc1F. The van der Waals surface area contributed by atoms with Crippen LogP contribution in [0.1, 0.15) is 50.5 Å². The van der Waals surface area contributed by atoms with Crippen LogP contribution < -0.4 is 5.32 Å². The van der Waals surface area contributed by atoms with Crippen molar-refractivity contribution in [2.45, 2.75) is 57.6 Å². The minimum Gasteiger partial charge on any atom is -0.481 e. The monoisotopic (exact) mass is 396 g/mol. The second-order valence-electron chi connectivity index (χ2n) is 7.29. The minimum atomic E-state index is -0.913. The average Bonchev–Trinajstić information content (AvgIpc) is 2.60. The quantitative estimate of drug-likeness (QED) is 0.445. The lowest BCUT2D eigenvalue weighted by molar-refractivity contribution is -0.137. The maximum atomic E-state index is 13.4. The van der Waals surface area contributed by atoms with Crippen LogP contribution in [0.25, 0.3) is 0 Å². The molecule has 0 spiro atoms. The molecule has 1 amide bonds. The Hall–Kier alpha value is -1.99. The normalized spacial score (nSPS) is 12.1. The number of carboxylic acid groups (broad SMARTS) is 1. The largest absolute Gasteiger partial charge is 0.481 e. The van der Waals surface area contributed by atoms with Crippen molar-refractivity contribution in [3.8, 4) is 0 Å². The molecule has 0 fully saturated rings. The first-order valence-corrected chi connectivity index (χ1v) is 9.85. The zero-order valence-electron chi connectivity index (χ0n) is 17.0. The van der Waals surface area contributed by atoms with Crippen LogP contribution in [0, 0.1) is 5.82 Å². The molecule has 0 aliphatic heterocycles. The van der Waals surface area contributed by atoms with Crippen LogP contribution in [0.4, 0.5) is 4.39 Å². The highest BCUT2D eigenvalue weighted by Crippen LogP contribution is 2.09. The molecule has 2 N–H and O–H groups in total. The number of carbonyl (C=O) groups is 2.